The number of rotatable bonds is 9. The molecule has 2 atom stereocenters. The van der Waals surface area contributed by atoms with Gasteiger partial charge in [-0.25, -0.2) is 8.42 Å². The fraction of sp³-hybridized carbons (Fsp3) is 0.650. The van der Waals surface area contributed by atoms with Gasteiger partial charge in [-0.05, 0) is 50.2 Å². The van der Waals surface area contributed by atoms with E-state index in [2.05, 4.69) is 39.9 Å². The molecule has 0 saturated carbocycles. The molecule has 1 aromatic rings. The van der Waals surface area contributed by atoms with E-state index in [1.54, 1.807) is 7.05 Å². The number of nitrogens with one attached hydrogen (secondary N) is 2. The van der Waals surface area contributed by atoms with E-state index in [0.29, 0.717) is 19.0 Å². The molecule has 0 amide bonds. The van der Waals surface area contributed by atoms with Crippen LogP contribution in [0.25, 0.3) is 0 Å². The smallest absolute Gasteiger partial charge is 0.191 e. The molecule has 27 heavy (non-hydrogen) atoms. The van der Waals surface area contributed by atoms with Crippen LogP contribution >= 0.6 is 0 Å². The van der Waals surface area contributed by atoms with Gasteiger partial charge in [0.1, 0.15) is 9.84 Å². The predicted octanol–water partition coefficient (Wildman–Crippen LogP) is 2.46. The average Bonchev–Trinajstić information content (AvgIpc) is 2.64. The van der Waals surface area contributed by atoms with Crippen molar-refractivity contribution in [2.45, 2.75) is 51.2 Å². The van der Waals surface area contributed by atoms with Crippen LogP contribution in [0.1, 0.15) is 49.8 Å². The Morgan fingerprint density at radius 3 is 2.89 bits per heavy atom. The maximum Gasteiger partial charge on any atom is 0.191 e. The van der Waals surface area contributed by atoms with Crippen molar-refractivity contribution in [2.75, 3.05) is 32.2 Å². The Hall–Kier alpha value is -1.60. The van der Waals surface area contributed by atoms with Gasteiger partial charge in [0.25, 0.3) is 0 Å². The summed E-state index contributed by atoms with van der Waals surface area (Å²) < 4.78 is 28.6. The number of ether oxygens (including phenoxy) is 1. The van der Waals surface area contributed by atoms with E-state index in [4.69, 9.17) is 4.74 Å². The van der Waals surface area contributed by atoms with E-state index < -0.39 is 9.84 Å². The van der Waals surface area contributed by atoms with E-state index in [1.807, 2.05) is 6.92 Å². The van der Waals surface area contributed by atoms with Crippen LogP contribution in [-0.2, 0) is 21.0 Å². The predicted molar refractivity (Wildman–Crippen MR) is 111 cm³/mol. The highest BCUT2D eigenvalue weighted by atomic mass is 32.2. The summed E-state index contributed by atoms with van der Waals surface area (Å²) in [5, 5.41) is 6.49. The van der Waals surface area contributed by atoms with Gasteiger partial charge in [-0.1, -0.05) is 24.3 Å². The first-order valence-electron chi connectivity index (χ1n) is 9.73. The number of nitrogens with zero attached hydrogens (tertiary/aromatic N) is 1. The zero-order chi connectivity index (χ0) is 19.7. The summed E-state index contributed by atoms with van der Waals surface area (Å²) in [6.45, 7) is 3.42. The van der Waals surface area contributed by atoms with E-state index in [1.165, 1.54) is 23.8 Å². The Bertz CT molecular complexity index is 719. The molecule has 1 aromatic carbocycles. The van der Waals surface area contributed by atoms with Gasteiger partial charge in [0, 0.05) is 32.5 Å². The Labute approximate surface area is 163 Å². The molecule has 2 N–H and O–H groups in total. The van der Waals surface area contributed by atoms with Crippen LogP contribution in [0.2, 0.25) is 0 Å². The summed E-state index contributed by atoms with van der Waals surface area (Å²) in [5.74, 6) is 0.869. The standard InChI is InChI=1S/C20H33N3O3S/c1-16(12-15-27(3,24)25)23-20(21-2)22-13-7-14-26-19-11-6-9-17-8-4-5-10-18(17)19/h4-5,8,10,16,19H,6-7,9,11-15H2,1-3H3,(H2,21,22,23). The number of aryl methyl sites for hydroxylation is 1. The molecule has 1 aliphatic rings. The summed E-state index contributed by atoms with van der Waals surface area (Å²) >= 11 is 0. The lowest BCUT2D eigenvalue weighted by atomic mass is 9.89. The number of fused-ring (bicyclic) bond motifs is 1. The third-order valence-corrected chi connectivity index (χ3v) is 5.75. The molecule has 0 heterocycles. The average molecular weight is 396 g/mol. The number of hydrogen-bond donors (Lipinski definition) is 2. The number of hydrogen-bond acceptors (Lipinski definition) is 4. The highest BCUT2D eigenvalue weighted by Gasteiger charge is 2.19. The van der Waals surface area contributed by atoms with Crippen LogP contribution < -0.4 is 10.6 Å². The van der Waals surface area contributed by atoms with Gasteiger partial charge < -0.3 is 15.4 Å². The minimum absolute atomic E-state index is 0.0425. The van der Waals surface area contributed by atoms with E-state index in [0.717, 1.165) is 25.8 Å². The van der Waals surface area contributed by atoms with Crippen molar-refractivity contribution in [1.82, 2.24) is 10.6 Å². The van der Waals surface area contributed by atoms with Crippen LogP contribution in [0, 0.1) is 0 Å². The molecular weight excluding hydrogens is 362 g/mol. The SMILES string of the molecule is CN=C(NCCCOC1CCCc2ccccc21)NC(C)CCS(C)(=O)=O. The zero-order valence-electron chi connectivity index (χ0n) is 16.7. The third-order valence-electron chi connectivity index (χ3n) is 4.78. The van der Waals surface area contributed by atoms with Gasteiger partial charge >= 0.3 is 0 Å². The molecule has 6 nitrogen and oxygen atoms in total. The van der Waals surface area contributed by atoms with Crippen LogP contribution in [0.15, 0.2) is 29.3 Å². The summed E-state index contributed by atoms with van der Waals surface area (Å²) in [7, 11) is -1.22. The lowest BCUT2D eigenvalue weighted by Crippen LogP contribution is -2.43. The first kappa shape index (κ1) is 21.7. The van der Waals surface area contributed by atoms with Gasteiger partial charge in [0.15, 0.2) is 5.96 Å². The van der Waals surface area contributed by atoms with Gasteiger partial charge in [0.05, 0.1) is 11.9 Å². The van der Waals surface area contributed by atoms with Crippen molar-refractivity contribution in [1.29, 1.82) is 0 Å². The first-order chi connectivity index (χ1) is 12.9. The molecule has 0 fully saturated rings. The van der Waals surface area contributed by atoms with Crippen molar-refractivity contribution in [3.8, 4) is 0 Å². The van der Waals surface area contributed by atoms with Crippen molar-refractivity contribution >= 4 is 15.8 Å². The second kappa shape index (κ2) is 10.7. The normalized spacial score (nSPS) is 18.6. The minimum Gasteiger partial charge on any atom is -0.373 e. The molecule has 0 radical (unpaired) electrons. The molecule has 1 aliphatic carbocycles. The van der Waals surface area contributed by atoms with E-state index in [-0.39, 0.29) is 17.9 Å². The van der Waals surface area contributed by atoms with E-state index >= 15 is 0 Å². The Morgan fingerprint density at radius 2 is 2.15 bits per heavy atom. The topological polar surface area (TPSA) is 79.8 Å². The second-order valence-corrected chi connectivity index (χ2v) is 9.53. The zero-order valence-corrected chi connectivity index (χ0v) is 17.5. The molecule has 0 aromatic heterocycles. The van der Waals surface area contributed by atoms with Gasteiger partial charge in [-0.3, -0.25) is 4.99 Å². The van der Waals surface area contributed by atoms with Crippen LogP contribution in [0.4, 0.5) is 0 Å². The second-order valence-electron chi connectivity index (χ2n) is 7.27. The number of guanidine groups is 1. The van der Waals surface area contributed by atoms with Gasteiger partial charge in [-0.15, -0.1) is 0 Å². The van der Waals surface area contributed by atoms with Gasteiger partial charge in [-0.2, -0.15) is 0 Å². The highest BCUT2D eigenvalue weighted by molar-refractivity contribution is 7.90. The number of benzene rings is 1. The summed E-state index contributed by atoms with van der Waals surface area (Å²) in [4.78, 5) is 4.19. The van der Waals surface area contributed by atoms with E-state index in [9.17, 15) is 8.42 Å². The lowest BCUT2D eigenvalue weighted by Gasteiger charge is -2.25. The summed E-state index contributed by atoms with van der Waals surface area (Å²) in [6, 6.07) is 8.61. The molecule has 0 bridgehead atoms. The number of sulfone groups is 1. The van der Waals surface area contributed by atoms with Crippen molar-refractivity contribution in [3.05, 3.63) is 35.4 Å². The van der Waals surface area contributed by atoms with Crippen molar-refractivity contribution < 1.29 is 13.2 Å². The van der Waals surface area contributed by atoms with Crippen LogP contribution in [0.3, 0.4) is 0 Å². The van der Waals surface area contributed by atoms with Gasteiger partial charge in [0.2, 0.25) is 0 Å². The minimum atomic E-state index is -2.93. The maximum absolute atomic E-state index is 11.3. The Balaban J connectivity index is 1.66. The molecular formula is C20H33N3O3S. The third kappa shape index (κ3) is 7.89. The molecule has 0 saturated heterocycles. The molecule has 2 unspecified atom stereocenters. The molecule has 2 rings (SSSR count). The summed E-state index contributed by atoms with van der Waals surface area (Å²) in [5.41, 5.74) is 2.76. The molecule has 7 heteroatoms. The quantitative estimate of drug-likeness (QED) is 0.381. The fourth-order valence-electron chi connectivity index (χ4n) is 3.28. The highest BCUT2D eigenvalue weighted by Crippen LogP contribution is 2.32. The molecule has 152 valence electrons. The first-order valence-corrected chi connectivity index (χ1v) is 11.8. The maximum atomic E-state index is 11.3. The monoisotopic (exact) mass is 395 g/mol. The molecule has 0 spiro atoms. The fourth-order valence-corrected chi connectivity index (χ4v) is 4.06. The largest absolute Gasteiger partial charge is 0.373 e. The lowest BCUT2D eigenvalue weighted by molar-refractivity contribution is 0.0398. The Kier molecular flexibility index (Phi) is 8.57. The molecule has 0 aliphatic heterocycles. The Morgan fingerprint density at radius 1 is 1.37 bits per heavy atom. The van der Waals surface area contributed by atoms with Crippen LogP contribution in [0.5, 0.6) is 0 Å². The summed E-state index contributed by atoms with van der Waals surface area (Å²) in [6.07, 6.45) is 6.34. The van der Waals surface area contributed by atoms with Crippen molar-refractivity contribution in [2.24, 2.45) is 4.99 Å². The van der Waals surface area contributed by atoms with Crippen LogP contribution in [-0.4, -0.2) is 52.6 Å². The number of aliphatic imine (C=N–C) groups is 1. The van der Waals surface area contributed by atoms with Crippen molar-refractivity contribution in [3.63, 3.8) is 0 Å².